The number of halogens is 2. The van der Waals surface area contributed by atoms with Crippen molar-refractivity contribution in [3.63, 3.8) is 0 Å². The predicted molar refractivity (Wildman–Crippen MR) is 50.2 cm³/mol. The predicted octanol–water partition coefficient (Wildman–Crippen LogP) is -0.397. The van der Waals surface area contributed by atoms with Crippen LogP contribution in [0.25, 0.3) is 0 Å². The molecule has 0 aliphatic heterocycles. The minimum Gasteiger partial charge on any atom is -0.480 e. The van der Waals surface area contributed by atoms with Gasteiger partial charge in [-0.2, -0.15) is 15.4 Å². The Hall–Kier alpha value is -0.850. The van der Waals surface area contributed by atoms with Gasteiger partial charge in [0.15, 0.2) is 0 Å². The monoisotopic (exact) mass is 228 g/mol. The molecule has 0 saturated heterocycles. The molecule has 0 aliphatic rings. The Morgan fingerprint density at radius 2 is 2.31 bits per heavy atom. The van der Waals surface area contributed by atoms with Crippen molar-refractivity contribution in [3.8, 4) is 0 Å². The first-order chi connectivity index (χ1) is 5.20. The molecule has 0 amide bonds. The Bertz CT molecular complexity index is 241. The first-order valence-corrected chi connectivity index (χ1v) is 3.03. The minimum absolute atomic E-state index is 0. The zero-order chi connectivity index (χ0) is 8.27. The quantitative estimate of drug-likeness (QED) is 0.654. The van der Waals surface area contributed by atoms with Crippen molar-refractivity contribution in [1.29, 1.82) is 0 Å². The van der Waals surface area contributed by atoms with E-state index >= 15 is 0 Å². The highest BCUT2D eigenvalue weighted by atomic mass is 35.5. The number of carboxylic acids is 1. The summed E-state index contributed by atoms with van der Waals surface area (Å²) in [7, 11) is 0. The summed E-state index contributed by atoms with van der Waals surface area (Å²) in [5, 5.41) is 17.9. The normalized spacial score (nSPS) is 10.8. The Labute approximate surface area is 86.7 Å². The van der Waals surface area contributed by atoms with Crippen LogP contribution in [-0.2, 0) is 11.2 Å². The van der Waals surface area contributed by atoms with Crippen molar-refractivity contribution in [2.24, 2.45) is 5.73 Å². The van der Waals surface area contributed by atoms with Gasteiger partial charge in [0.05, 0.1) is 11.9 Å². The lowest BCUT2D eigenvalue weighted by Crippen LogP contribution is -2.32. The fourth-order valence-electron chi connectivity index (χ4n) is 0.636. The number of aromatic amines is 1. The maximum Gasteiger partial charge on any atom is 0.320 e. The molecule has 76 valence electrons. The number of hydrogen-bond donors (Lipinski definition) is 3. The lowest BCUT2D eigenvalue weighted by Gasteiger charge is -2.00. The van der Waals surface area contributed by atoms with Gasteiger partial charge in [-0.25, -0.2) is 0 Å². The van der Waals surface area contributed by atoms with E-state index in [1.54, 1.807) is 0 Å². The van der Waals surface area contributed by atoms with E-state index in [-0.39, 0.29) is 31.2 Å². The molecule has 0 aliphatic carbocycles. The third-order valence-corrected chi connectivity index (χ3v) is 1.21. The van der Waals surface area contributed by atoms with Crippen LogP contribution in [0.15, 0.2) is 6.20 Å². The summed E-state index contributed by atoms with van der Waals surface area (Å²) in [6.07, 6.45) is 1.65. The van der Waals surface area contributed by atoms with E-state index in [1.807, 2.05) is 0 Å². The van der Waals surface area contributed by atoms with Crippen LogP contribution in [0.2, 0.25) is 0 Å². The van der Waals surface area contributed by atoms with E-state index in [4.69, 9.17) is 10.8 Å². The van der Waals surface area contributed by atoms with Crippen LogP contribution in [0.5, 0.6) is 0 Å². The number of H-pyrrole nitrogens is 1. The zero-order valence-electron chi connectivity index (χ0n) is 6.51. The summed E-state index contributed by atoms with van der Waals surface area (Å²) >= 11 is 0. The van der Waals surface area contributed by atoms with Crippen LogP contribution >= 0.6 is 24.8 Å². The second kappa shape index (κ2) is 6.64. The Kier molecular flexibility index (Phi) is 7.49. The molecule has 13 heavy (non-hydrogen) atoms. The smallest absolute Gasteiger partial charge is 0.320 e. The average molecular weight is 229 g/mol. The number of nitrogens with two attached hydrogens (primary N) is 1. The number of carboxylic acid groups (broad SMARTS) is 1. The van der Waals surface area contributed by atoms with Gasteiger partial charge in [-0.3, -0.25) is 4.79 Å². The van der Waals surface area contributed by atoms with Crippen molar-refractivity contribution < 1.29 is 9.90 Å². The van der Waals surface area contributed by atoms with Crippen molar-refractivity contribution >= 4 is 30.8 Å². The van der Waals surface area contributed by atoms with Gasteiger partial charge in [0, 0.05) is 6.42 Å². The summed E-state index contributed by atoms with van der Waals surface area (Å²) in [4.78, 5) is 10.2. The number of nitrogens with one attached hydrogen (secondary N) is 1. The molecule has 1 aromatic rings. The van der Waals surface area contributed by atoms with E-state index in [2.05, 4.69) is 15.4 Å². The molecule has 1 unspecified atom stereocenters. The van der Waals surface area contributed by atoms with Crippen LogP contribution in [-0.4, -0.2) is 32.5 Å². The molecule has 1 atom stereocenters. The van der Waals surface area contributed by atoms with Gasteiger partial charge in [-0.15, -0.1) is 24.8 Å². The van der Waals surface area contributed by atoms with Crippen LogP contribution in [0.1, 0.15) is 5.69 Å². The van der Waals surface area contributed by atoms with Crippen LogP contribution in [0, 0.1) is 0 Å². The van der Waals surface area contributed by atoms with Gasteiger partial charge >= 0.3 is 5.97 Å². The second-order valence-corrected chi connectivity index (χ2v) is 2.11. The van der Waals surface area contributed by atoms with E-state index < -0.39 is 12.0 Å². The maximum atomic E-state index is 10.2. The van der Waals surface area contributed by atoms with E-state index in [0.717, 1.165) is 0 Å². The van der Waals surface area contributed by atoms with Gasteiger partial charge in [-0.1, -0.05) is 0 Å². The molecule has 1 aromatic heterocycles. The number of aromatic nitrogens is 3. The third kappa shape index (κ3) is 4.66. The molecule has 0 aromatic carbocycles. The van der Waals surface area contributed by atoms with Crippen LogP contribution in [0.4, 0.5) is 0 Å². The molecule has 0 radical (unpaired) electrons. The highest BCUT2D eigenvalue weighted by molar-refractivity contribution is 5.85. The highest BCUT2D eigenvalue weighted by Crippen LogP contribution is 1.93. The number of nitrogens with zero attached hydrogens (tertiary/aromatic N) is 2. The first kappa shape index (κ1) is 14.7. The summed E-state index contributed by atoms with van der Waals surface area (Å²) < 4.78 is 0. The molecule has 6 nitrogen and oxygen atoms in total. The third-order valence-electron chi connectivity index (χ3n) is 1.21. The molecular formula is C5H10Cl2N4O2. The summed E-state index contributed by atoms with van der Waals surface area (Å²) in [5.74, 6) is -1.03. The van der Waals surface area contributed by atoms with E-state index in [0.29, 0.717) is 5.69 Å². The van der Waals surface area contributed by atoms with E-state index in [1.165, 1.54) is 6.20 Å². The molecule has 4 N–H and O–H groups in total. The molecule has 0 fully saturated rings. The molecule has 1 rings (SSSR count). The van der Waals surface area contributed by atoms with Crippen molar-refractivity contribution in [3.05, 3.63) is 11.9 Å². The molecule has 0 saturated carbocycles. The molecule has 1 heterocycles. The zero-order valence-corrected chi connectivity index (χ0v) is 8.14. The van der Waals surface area contributed by atoms with Crippen LogP contribution in [0.3, 0.4) is 0 Å². The SMILES string of the molecule is Cl.Cl.NC(Cc1cn[nH]n1)C(=O)O. The van der Waals surface area contributed by atoms with Crippen molar-refractivity contribution in [2.75, 3.05) is 0 Å². The fraction of sp³-hybridized carbons (Fsp3) is 0.400. The number of hydrogen-bond acceptors (Lipinski definition) is 4. The van der Waals surface area contributed by atoms with Gasteiger partial charge < -0.3 is 10.8 Å². The summed E-state index contributed by atoms with van der Waals surface area (Å²) in [6.45, 7) is 0. The Morgan fingerprint density at radius 3 is 2.69 bits per heavy atom. The van der Waals surface area contributed by atoms with Gasteiger partial charge in [-0.05, 0) is 0 Å². The largest absolute Gasteiger partial charge is 0.480 e. The minimum atomic E-state index is -1.03. The fourth-order valence-corrected chi connectivity index (χ4v) is 0.636. The van der Waals surface area contributed by atoms with Gasteiger partial charge in [0.1, 0.15) is 6.04 Å². The Balaban J connectivity index is 0. The van der Waals surface area contributed by atoms with Crippen molar-refractivity contribution in [1.82, 2.24) is 15.4 Å². The molecule has 8 heteroatoms. The molecule has 0 spiro atoms. The maximum absolute atomic E-state index is 10.2. The Morgan fingerprint density at radius 1 is 1.69 bits per heavy atom. The number of rotatable bonds is 3. The lowest BCUT2D eigenvalue weighted by atomic mass is 10.2. The van der Waals surface area contributed by atoms with Gasteiger partial charge in [0.2, 0.25) is 0 Å². The van der Waals surface area contributed by atoms with Crippen molar-refractivity contribution in [2.45, 2.75) is 12.5 Å². The number of aliphatic carboxylic acids is 1. The first-order valence-electron chi connectivity index (χ1n) is 3.03. The van der Waals surface area contributed by atoms with Gasteiger partial charge in [0.25, 0.3) is 0 Å². The average Bonchev–Trinajstić information content (AvgIpc) is 2.39. The topological polar surface area (TPSA) is 105 Å². The lowest BCUT2D eigenvalue weighted by molar-refractivity contribution is -0.138. The number of carbonyl (C=O) groups is 1. The molecular weight excluding hydrogens is 219 g/mol. The second-order valence-electron chi connectivity index (χ2n) is 2.11. The molecule has 0 bridgehead atoms. The van der Waals surface area contributed by atoms with Crippen LogP contribution < -0.4 is 5.73 Å². The standard InChI is InChI=1S/C5H8N4O2.2ClH/c6-4(5(10)11)1-3-2-7-9-8-3;;/h2,4H,1,6H2,(H,10,11)(H,7,8,9);2*1H. The highest BCUT2D eigenvalue weighted by Gasteiger charge is 2.12. The summed E-state index contributed by atoms with van der Waals surface area (Å²) in [5.41, 5.74) is 5.78. The summed E-state index contributed by atoms with van der Waals surface area (Å²) in [6, 6.07) is -0.903. The van der Waals surface area contributed by atoms with E-state index in [9.17, 15) is 4.79 Å².